The van der Waals surface area contributed by atoms with E-state index >= 15 is 0 Å². The lowest BCUT2D eigenvalue weighted by Gasteiger charge is -2.30. The zero-order valence-electron chi connectivity index (χ0n) is 14.5. The summed E-state index contributed by atoms with van der Waals surface area (Å²) in [5, 5.41) is 2.97. The van der Waals surface area contributed by atoms with Crippen LogP contribution < -0.4 is 5.32 Å². The van der Waals surface area contributed by atoms with Crippen molar-refractivity contribution in [1.29, 1.82) is 0 Å². The van der Waals surface area contributed by atoms with Crippen LogP contribution in [0.25, 0.3) is 0 Å². The van der Waals surface area contributed by atoms with Crippen molar-refractivity contribution in [2.75, 3.05) is 32.8 Å². The third kappa shape index (κ3) is 6.32. The topological polar surface area (TPSA) is 58.6 Å². The van der Waals surface area contributed by atoms with Gasteiger partial charge in [-0.2, -0.15) is 0 Å². The molecule has 1 unspecified atom stereocenters. The van der Waals surface area contributed by atoms with E-state index in [9.17, 15) is 9.59 Å². The number of benzene rings is 1. The number of nitrogens with zero attached hydrogens (tertiary/aromatic N) is 1. The molecule has 0 bridgehead atoms. The van der Waals surface area contributed by atoms with Crippen molar-refractivity contribution < 1.29 is 14.3 Å². The number of aryl methyl sites for hydroxylation is 1. The fraction of sp³-hybridized carbons (Fsp3) is 0.579. The second-order valence-corrected chi connectivity index (χ2v) is 6.27. The molecule has 1 atom stereocenters. The number of carbonyl (C=O) groups is 2. The summed E-state index contributed by atoms with van der Waals surface area (Å²) in [7, 11) is 0. The molecule has 24 heavy (non-hydrogen) atoms. The number of hydrogen-bond acceptors (Lipinski definition) is 4. The summed E-state index contributed by atoms with van der Waals surface area (Å²) in [4.78, 5) is 25.9. The Morgan fingerprint density at radius 2 is 2.08 bits per heavy atom. The van der Waals surface area contributed by atoms with Gasteiger partial charge in [0.15, 0.2) is 0 Å². The number of likely N-dealkylation sites (tertiary alicyclic amines) is 1. The van der Waals surface area contributed by atoms with E-state index < -0.39 is 0 Å². The summed E-state index contributed by atoms with van der Waals surface area (Å²) in [6, 6.07) is 10.3. The fourth-order valence-electron chi connectivity index (χ4n) is 3.08. The first-order chi connectivity index (χ1) is 11.7. The molecule has 1 fully saturated rings. The predicted molar refractivity (Wildman–Crippen MR) is 93.6 cm³/mol. The predicted octanol–water partition coefficient (Wildman–Crippen LogP) is 2.01. The van der Waals surface area contributed by atoms with Crippen LogP contribution in [-0.2, 0) is 20.7 Å². The quantitative estimate of drug-likeness (QED) is 0.584. The van der Waals surface area contributed by atoms with Crippen LogP contribution in [0.1, 0.15) is 31.7 Å². The minimum absolute atomic E-state index is 0.0348. The average molecular weight is 332 g/mol. The van der Waals surface area contributed by atoms with Gasteiger partial charge in [0, 0.05) is 13.1 Å². The molecule has 1 amide bonds. The first-order valence-corrected chi connectivity index (χ1v) is 8.88. The van der Waals surface area contributed by atoms with E-state index in [-0.39, 0.29) is 17.8 Å². The normalized spacial score (nSPS) is 18.1. The van der Waals surface area contributed by atoms with Crippen molar-refractivity contribution in [2.45, 2.75) is 32.6 Å². The third-order valence-corrected chi connectivity index (χ3v) is 4.30. The van der Waals surface area contributed by atoms with E-state index in [2.05, 4.69) is 22.3 Å². The molecule has 1 heterocycles. The van der Waals surface area contributed by atoms with Crippen LogP contribution in [-0.4, -0.2) is 49.6 Å². The minimum Gasteiger partial charge on any atom is -0.466 e. The standard InChI is InChI=1S/C19H28N2O3/c1-2-24-19(23)17-11-7-13-21(14-17)15-18(22)20-12-6-10-16-8-4-3-5-9-16/h3-5,8-9,17H,2,6-7,10-15H2,1H3,(H,20,22). The molecule has 0 aromatic heterocycles. The summed E-state index contributed by atoms with van der Waals surface area (Å²) in [5.41, 5.74) is 1.29. The number of carbonyl (C=O) groups excluding carboxylic acids is 2. The summed E-state index contributed by atoms with van der Waals surface area (Å²) in [5.74, 6) is -0.192. The monoisotopic (exact) mass is 332 g/mol. The number of hydrogen-bond donors (Lipinski definition) is 1. The maximum Gasteiger partial charge on any atom is 0.310 e. The Kier molecular flexibility index (Phi) is 7.75. The molecule has 1 aromatic carbocycles. The molecule has 132 valence electrons. The number of amides is 1. The molecule has 5 heteroatoms. The summed E-state index contributed by atoms with van der Waals surface area (Å²) in [6.45, 7) is 4.77. The van der Waals surface area contributed by atoms with Crippen molar-refractivity contribution in [1.82, 2.24) is 10.2 Å². The molecule has 1 aliphatic heterocycles. The number of piperidine rings is 1. The Labute approximate surface area is 144 Å². The first-order valence-electron chi connectivity index (χ1n) is 8.88. The van der Waals surface area contributed by atoms with Crippen LogP contribution in [0.5, 0.6) is 0 Å². The zero-order valence-corrected chi connectivity index (χ0v) is 14.5. The largest absolute Gasteiger partial charge is 0.466 e. The van der Waals surface area contributed by atoms with Crippen LogP contribution in [0.15, 0.2) is 30.3 Å². The van der Waals surface area contributed by atoms with Gasteiger partial charge in [-0.25, -0.2) is 0 Å². The van der Waals surface area contributed by atoms with E-state index in [1.54, 1.807) is 0 Å². The Morgan fingerprint density at radius 3 is 2.83 bits per heavy atom. The Hall–Kier alpha value is -1.88. The van der Waals surface area contributed by atoms with Gasteiger partial charge in [-0.05, 0) is 44.7 Å². The van der Waals surface area contributed by atoms with E-state index in [0.29, 0.717) is 26.2 Å². The molecule has 1 aromatic rings. The van der Waals surface area contributed by atoms with Crippen molar-refractivity contribution in [3.05, 3.63) is 35.9 Å². The van der Waals surface area contributed by atoms with Crippen molar-refractivity contribution in [2.24, 2.45) is 5.92 Å². The highest BCUT2D eigenvalue weighted by Gasteiger charge is 2.27. The smallest absolute Gasteiger partial charge is 0.310 e. The highest BCUT2D eigenvalue weighted by Crippen LogP contribution is 2.17. The Morgan fingerprint density at radius 1 is 1.29 bits per heavy atom. The van der Waals surface area contributed by atoms with Gasteiger partial charge in [-0.3, -0.25) is 14.5 Å². The second kappa shape index (κ2) is 10.1. The van der Waals surface area contributed by atoms with Gasteiger partial charge in [0.25, 0.3) is 0 Å². The van der Waals surface area contributed by atoms with Gasteiger partial charge in [-0.15, -0.1) is 0 Å². The van der Waals surface area contributed by atoms with E-state index in [0.717, 1.165) is 32.2 Å². The van der Waals surface area contributed by atoms with Crippen LogP contribution in [0.3, 0.4) is 0 Å². The van der Waals surface area contributed by atoms with Crippen LogP contribution in [0, 0.1) is 5.92 Å². The van der Waals surface area contributed by atoms with Crippen molar-refractivity contribution >= 4 is 11.9 Å². The lowest BCUT2D eigenvalue weighted by molar-refractivity contribution is -0.150. The van der Waals surface area contributed by atoms with Crippen molar-refractivity contribution in [3.8, 4) is 0 Å². The Balaban J connectivity index is 1.63. The van der Waals surface area contributed by atoms with E-state index in [4.69, 9.17) is 4.74 Å². The second-order valence-electron chi connectivity index (χ2n) is 6.27. The summed E-state index contributed by atoms with van der Waals surface area (Å²) >= 11 is 0. The van der Waals surface area contributed by atoms with Crippen LogP contribution in [0.2, 0.25) is 0 Å². The molecule has 1 saturated heterocycles. The molecule has 0 aliphatic carbocycles. The zero-order chi connectivity index (χ0) is 17.2. The van der Waals surface area contributed by atoms with E-state index in [1.165, 1.54) is 5.56 Å². The summed E-state index contributed by atoms with van der Waals surface area (Å²) in [6.07, 6.45) is 3.69. The van der Waals surface area contributed by atoms with Crippen molar-refractivity contribution in [3.63, 3.8) is 0 Å². The van der Waals surface area contributed by atoms with Gasteiger partial charge in [0.2, 0.25) is 5.91 Å². The molecule has 0 spiro atoms. The van der Waals surface area contributed by atoms with Crippen LogP contribution in [0.4, 0.5) is 0 Å². The van der Waals surface area contributed by atoms with Gasteiger partial charge < -0.3 is 10.1 Å². The maximum atomic E-state index is 12.1. The van der Waals surface area contributed by atoms with E-state index in [1.807, 2.05) is 25.1 Å². The molecule has 5 nitrogen and oxygen atoms in total. The lowest BCUT2D eigenvalue weighted by atomic mass is 9.98. The molecule has 0 saturated carbocycles. The molecule has 0 radical (unpaired) electrons. The van der Waals surface area contributed by atoms with Gasteiger partial charge in [0.05, 0.1) is 19.1 Å². The highest BCUT2D eigenvalue weighted by molar-refractivity contribution is 5.78. The minimum atomic E-state index is -0.134. The number of esters is 1. The van der Waals surface area contributed by atoms with Gasteiger partial charge in [-0.1, -0.05) is 30.3 Å². The number of nitrogens with one attached hydrogen (secondary N) is 1. The van der Waals surface area contributed by atoms with Crippen LogP contribution >= 0.6 is 0 Å². The van der Waals surface area contributed by atoms with Gasteiger partial charge >= 0.3 is 5.97 Å². The molecular weight excluding hydrogens is 304 g/mol. The number of rotatable bonds is 8. The lowest BCUT2D eigenvalue weighted by Crippen LogP contribution is -2.44. The number of ether oxygens (including phenoxy) is 1. The molecular formula is C19H28N2O3. The average Bonchev–Trinajstić information content (AvgIpc) is 2.60. The fourth-order valence-corrected chi connectivity index (χ4v) is 3.08. The third-order valence-electron chi connectivity index (χ3n) is 4.30. The van der Waals surface area contributed by atoms with Gasteiger partial charge in [0.1, 0.15) is 0 Å². The molecule has 1 aliphatic rings. The summed E-state index contributed by atoms with van der Waals surface area (Å²) < 4.78 is 5.09. The highest BCUT2D eigenvalue weighted by atomic mass is 16.5. The Bertz CT molecular complexity index is 519. The first kappa shape index (κ1) is 18.5. The molecule has 1 N–H and O–H groups in total. The maximum absolute atomic E-state index is 12.1. The molecule has 2 rings (SSSR count). The SMILES string of the molecule is CCOC(=O)C1CCCN(CC(=O)NCCCc2ccccc2)C1.